The van der Waals surface area contributed by atoms with Crippen molar-refractivity contribution in [3.63, 3.8) is 0 Å². The molecule has 2 aliphatic rings. The summed E-state index contributed by atoms with van der Waals surface area (Å²) in [6.45, 7) is 8.11. The predicted octanol–water partition coefficient (Wildman–Crippen LogP) is 1.19. The zero-order valence-corrected chi connectivity index (χ0v) is 16.5. The highest BCUT2D eigenvalue weighted by atomic mass is 16.2. The van der Waals surface area contributed by atoms with Gasteiger partial charge in [0.05, 0.1) is 5.56 Å². The molecule has 0 spiro atoms. The Bertz CT molecular complexity index is 765. The number of anilines is 1. The Kier molecular flexibility index (Phi) is 5.83. The third-order valence-electron chi connectivity index (χ3n) is 5.58. The van der Waals surface area contributed by atoms with Crippen molar-refractivity contribution in [2.75, 3.05) is 64.3 Å². The van der Waals surface area contributed by atoms with Crippen molar-refractivity contribution in [1.82, 2.24) is 24.7 Å². The first kappa shape index (κ1) is 18.8. The summed E-state index contributed by atoms with van der Waals surface area (Å²) in [5.74, 6) is 0.751. The smallest absolute Gasteiger partial charge is 0.257 e. The van der Waals surface area contributed by atoms with E-state index in [1.807, 2.05) is 4.90 Å². The molecule has 4 rings (SSSR count). The Labute approximate surface area is 166 Å². The van der Waals surface area contributed by atoms with Crippen LogP contribution in [0.25, 0.3) is 0 Å². The quantitative estimate of drug-likeness (QED) is 0.794. The van der Waals surface area contributed by atoms with Crippen LogP contribution in [0.4, 0.5) is 5.95 Å². The zero-order chi connectivity index (χ0) is 19.3. The lowest BCUT2D eigenvalue weighted by molar-refractivity contribution is 0.0663. The summed E-state index contributed by atoms with van der Waals surface area (Å²) in [6.07, 6.45) is 3.36. The van der Waals surface area contributed by atoms with Gasteiger partial charge in [0.1, 0.15) is 0 Å². The summed E-state index contributed by atoms with van der Waals surface area (Å²) in [5, 5.41) is 0. The topological polar surface area (TPSA) is 55.8 Å². The number of hydrogen-bond acceptors (Lipinski definition) is 6. The summed E-state index contributed by atoms with van der Waals surface area (Å²) in [5.41, 5.74) is 1.93. The number of benzene rings is 1. The van der Waals surface area contributed by atoms with Crippen LogP contribution in [0, 0.1) is 0 Å². The van der Waals surface area contributed by atoms with Crippen molar-refractivity contribution in [1.29, 1.82) is 0 Å². The van der Waals surface area contributed by atoms with Crippen molar-refractivity contribution in [2.24, 2.45) is 0 Å². The number of hydrogen-bond donors (Lipinski definition) is 0. The average molecular weight is 380 g/mol. The minimum atomic E-state index is 0.0346. The van der Waals surface area contributed by atoms with Crippen molar-refractivity contribution in [2.45, 2.75) is 6.54 Å². The fourth-order valence-electron chi connectivity index (χ4n) is 3.73. The van der Waals surface area contributed by atoms with E-state index in [1.54, 1.807) is 12.4 Å². The Hall–Kier alpha value is -2.51. The molecule has 0 aliphatic carbocycles. The van der Waals surface area contributed by atoms with E-state index in [0.717, 1.165) is 58.9 Å². The van der Waals surface area contributed by atoms with Gasteiger partial charge in [-0.3, -0.25) is 9.69 Å². The van der Waals surface area contributed by atoms with E-state index in [1.165, 1.54) is 5.56 Å². The van der Waals surface area contributed by atoms with E-state index < -0.39 is 0 Å². The van der Waals surface area contributed by atoms with Gasteiger partial charge in [0.15, 0.2) is 0 Å². The van der Waals surface area contributed by atoms with Gasteiger partial charge in [-0.2, -0.15) is 0 Å². The average Bonchev–Trinajstić information content (AvgIpc) is 2.75. The van der Waals surface area contributed by atoms with Gasteiger partial charge in [-0.15, -0.1) is 0 Å². The zero-order valence-electron chi connectivity index (χ0n) is 16.5. The SMILES string of the molecule is CN1CCN(C(=O)c2cnc(N3CCN(Cc4ccccc4)CC3)nc2)CC1. The summed E-state index contributed by atoms with van der Waals surface area (Å²) in [7, 11) is 2.08. The Morgan fingerprint density at radius 1 is 0.893 bits per heavy atom. The van der Waals surface area contributed by atoms with Crippen LogP contribution in [-0.4, -0.2) is 90.0 Å². The van der Waals surface area contributed by atoms with Gasteiger partial charge in [-0.05, 0) is 12.6 Å². The van der Waals surface area contributed by atoms with Crippen LogP contribution in [0.2, 0.25) is 0 Å². The second-order valence-corrected chi connectivity index (χ2v) is 7.62. The van der Waals surface area contributed by atoms with Gasteiger partial charge in [0.25, 0.3) is 5.91 Å². The van der Waals surface area contributed by atoms with Gasteiger partial charge in [-0.25, -0.2) is 9.97 Å². The Morgan fingerprint density at radius 3 is 2.18 bits per heavy atom. The maximum Gasteiger partial charge on any atom is 0.257 e. The molecule has 148 valence electrons. The highest BCUT2D eigenvalue weighted by molar-refractivity contribution is 5.93. The summed E-state index contributed by atoms with van der Waals surface area (Å²) < 4.78 is 0. The molecule has 28 heavy (non-hydrogen) atoms. The van der Waals surface area contributed by atoms with Crippen molar-refractivity contribution in [3.05, 3.63) is 53.9 Å². The number of aromatic nitrogens is 2. The molecule has 2 fully saturated rings. The highest BCUT2D eigenvalue weighted by Crippen LogP contribution is 2.14. The number of piperazine rings is 2. The third-order valence-corrected chi connectivity index (χ3v) is 5.58. The normalized spacial score (nSPS) is 19.0. The second-order valence-electron chi connectivity index (χ2n) is 7.62. The molecule has 0 N–H and O–H groups in total. The van der Waals surface area contributed by atoms with E-state index in [-0.39, 0.29) is 5.91 Å². The molecule has 2 saturated heterocycles. The number of amides is 1. The van der Waals surface area contributed by atoms with Gasteiger partial charge < -0.3 is 14.7 Å². The number of likely N-dealkylation sites (N-methyl/N-ethyl adjacent to an activating group) is 1. The first-order valence-electron chi connectivity index (χ1n) is 10.00. The molecule has 1 amide bonds. The van der Waals surface area contributed by atoms with E-state index in [2.05, 4.69) is 62.0 Å². The van der Waals surface area contributed by atoms with Gasteiger partial charge >= 0.3 is 0 Å². The molecule has 0 unspecified atom stereocenters. The Morgan fingerprint density at radius 2 is 1.54 bits per heavy atom. The second kappa shape index (κ2) is 8.67. The van der Waals surface area contributed by atoms with Gasteiger partial charge in [0, 0.05) is 71.3 Å². The van der Waals surface area contributed by atoms with Gasteiger partial charge in [-0.1, -0.05) is 30.3 Å². The Balaban J connectivity index is 1.30. The minimum absolute atomic E-state index is 0.0346. The number of carbonyl (C=O) groups is 1. The predicted molar refractivity (Wildman–Crippen MR) is 109 cm³/mol. The van der Waals surface area contributed by atoms with E-state index in [9.17, 15) is 4.79 Å². The molecule has 3 heterocycles. The summed E-state index contributed by atoms with van der Waals surface area (Å²) >= 11 is 0. The molecule has 7 nitrogen and oxygen atoms in total. The maximum atomic E-state index is 12.6. The lowest BCUT2D eigenvalue weighted by atomic mass is 10.2. The molecule has 0 bridgehead atoms. The van der Waals surface area contributed by atoms with E-state index in [0.29, 0.717) is 11.5 Å². The lowest BCUT2D eigenvalue weighted by Crippen LogP contribution is -2.47. The molecular weight excluding hydrogens is 352 g/mol. The molecule has 7 heteroatoms. The van der Waals surface area contributed by atoms with Crippen LogP contribution in [-0.2, 0) is 6.54 Å². The standard InChI is InChI=1S/C21H28N6O/c1-24-7-11-26(12-8-24)20(28)19-15-22-21(23-16-19)27-13-9-25(10-14-27)17-18-5-3-2-4-6-18/h2-6,15-16H,7-14,17H2,1H3. The fraction of sp³-hybridized carbons (Fsp3) is 0.476. The van der Waals surface area contributed by atoms with Crippen LogP contribution in [0.15, 0.2) is 42.7 Å². The minimum Gasteiger partial charge on any atom is -0.338 e. The number of rotatable bonds is 4. The van der Waals surface area contributed by atoms with E-state index in [4.69, 9.17) is 0 Å². The molecular formula is C21H28N6O. The lowest BCUT2D eigenvalue weighted by Gasteiger charge is -2.35. The molecule has 1 aromatic heterocycles. The summed E-state index contributed by atoms with van der Waals surface area (Å²) in [4.78, 5) is 30.4. The maximum absolute atomic E-state index is 12.6. The first-order valence-corrected chi connectivity index (χ1v) is 10.00. The van der Waals surface area contributed by atoms with Crippen LogP contribution in [0.3, 0.4) is 0 Å². The molecule has 1 aromatic carbocycles. The number of carbonyl (C=O) groups excluding carboxylic acids is 1. The van der Waals surface area contributed by atoms with Crippen LogP contribution in [0.5, 0.6) is 0 Å². The number of nitrogens with zero attached hydrogens (tertiary/aromatic N) is 6. The molecule has 0 atom stereocenters. The van der Waals surface area contributed by atoms with Crippen LogP contribution < -0.4 is 4.90 Å². The third kappa shape index (κ3) is 4.48. The van der Waals surface area contributed by atoms with Gasteiger partial charge in [0.2, 0.25) is 5.95 Å². The monoisotopic (exact) mass is 380 g/mol. The molecule has 2 aromatic rings. The first-order chi connectivity index (χ1) is 13.7. The highest BCUT2D eigenvalue weighted by Gasteiger charge is 2.22. The van der Waals surface area contributed by atoms with Crippen molar-refractivity contribution >= 4 is 11.9 Å². The molecule has 0 radical (unpaired) electrons. The molecule has 0 saturated carbocycles. The summed E-state index contributed by atoms with van der Waals surface area (Å²) in [6, 6.07) is 10.6. The molecule has 2 aliphatic heterocycles. The van der Waals surface area contributed by atoms with Crippen LogP contribution >= 0.6 is 0 Å². The fourth-order valence-corrected chi connectivity index (χ4v) is 3.73. The van der Waals surface area contributed by atoms with Crippen molar-refractivity contribution < 1.29 is 4.79 Å². The van der Waals surface area contributed by atoms with Crippen LogP contribution in [0.1, 0.15) is 15.9 Å². The van der Waals surface area contributed by atoms with E-state index >= 15 is 0 Å². The van der Waals surface area contributed by atoms with Crippen molar-refractivity contribution in [3.8, 4) is 0 Å². The largest absolute Gasteiger partial charge is 0.338 e.